The van der Waals surface area contributed by atoms with E-state index in [1.165, 1.54) is 24.7 Å². The molecule has 4 nitrogen and oxygen atoms in total. The summed E-state index contributed by atoms with van der Waals surface area (Å²) in [4.78, 5) is 15.9. The maximum absolute atomic E-state index is 12.9. The van der Waals surface area contributed by atoms with Crippen LogP contribution < -0.4 is 5.32 Å². The van der Waals surface area contributed by atoms with Crippen LogP contribution in [0.4, 0.5) is 4.39 Å². The largest absolute Gasteiger partial charge is 0.349 e. The minimum Gasteiger partial charge on any atom is -0.349 e. The van der Waals surface area contributed by atoms with Crippen molar-refractivity contribution in [3.05, 3.63) is 48.3 Å². The molecule has 2 aromatic rings. The Labute approximate surface area is 104 Å². The Morgan fingerprint density at radius 3 is 2.61 bits per heavy atom. The van der Waals surface area contributed by atoms with E-state index in [-0.39, 0.29) is 17.8 Å². The van der Waals surface area contributed by atoms with Crippen LogP contribution in [0.3, 0.4) is 0 Å². The van der Waals surface area contributed by atoms with Gasteiger partial charge in [-0.1, -0.05) is 0 Å². The summed E-state index contributed by atoms with van der Waals surface area (Å²) in [5.41, 5.74) is 1.12. The Hall–Kier alpha value is -2.17. The second kappa shape index (κ2) is 5.00. The number of amides is 1. The van der Waals surface area contributed by atoms with E-state index in [0.29, 0.717) is 11.4 Å². The average Bonchev–Trinajstić information content (AvgIpc) is 2.78. The Bertz CT molecular complexity index is 546. The molecule has 0 atom stereocenters. The van der Waals surface area contributed by atoms with Crippen molar-refractivity contribution < 1.29 is 9.18 Å². The van der Waals surface area contributed by atoms with Gasteiger partial charge in [-0.15, -0.1) is 0 Å². The zero-order chi connectivity index (χ0) is 13.1. The van der Waals surface area contributed by atoms with Crippen LogP contribution in [0.2, 0.25) is 0 Å². The first-order chi connectivity index (χ1) is 8.58. The lowest BCUT2D eigenvalue weighted by Gasteiger charge is -2.10. The van der Waals surface area contributed by atoms with Crippen molar-refractivity contribution in [1.29, 1.82) is 0 Å². The second-order valence-electron chi connectivity index (χ2n) is 4.25. The Morgan fingerprint density at radius 2 is 2.00 bits per heavy atom. The molecule has 0 saturated heterocycles. The van der Waals surface area contributed by atoms with E-state index in [4.69, 9.17) is 0 Å². The molecule has 0 aliphatic carbocycles. The van der Waals surface area contributed by atoms with Crippen molar-refractivity contribution in [1.82, 2.24) is 14.9 Å². The van der Waals surface area contributed by atoms with E-state index in [0.717, 1.165) is 0 Å². The van der Waals surface area contributed by atoms with Crippen LogP contribution in [0.25, 0.3) is 5.69 Å². The van der Waals surface area contributed by atoms with Crippen molar-refractivity contribution in [2.45, 2.75) is 19.9 Å². The molecule has 18 heavy (non-hydrogen) atoms. The second-order valence-corrected chi connectivity index (χ2v) is 4.25. The summed E-state index contributed by atoms with van der Waals surface area (Å²) >= 11 is 0. The standard InChI is InChI=1S/C13H14FN3O/c1-9(2)16-13(18)12-7-15-8-17(12)11-5-3-10(14)4-6-11/h3-9H,1-2H3,(H,16,18). The molecule has 0 saturated carbocycles. The van der Waals surface area contributed by atoms with E-state index in [1.54, 1.807) is 16.7 Å². The Morgan fingerprint density at radius 1 is 1.33 bits per heavy atom. The van der Waals surface area contributed by atoms with Crippen molar-refractivity contribution in [2.75, 3.05) is 0 Å². The van der Waals surface area contributed by atoms with Gasteiger partial charge in [-0.25, -0.2) is 9.37 Å². The van der Waals surface area contributed by atoms with Crippen LogP contribution in [0.1, 0.15) is 24.3 Å². The first kappa shape index (κ1) is 12.3. The van der Waals surface area contributed by atoms with Gasteiger partial charge in [0.1, 0.15) is 11.5 Å². The molecule has 0 radical (unpaired) electrons. The Kier molecular flexibility index (Phi) is 3.41. The van der Waals surface area contributed by atoms with E-state index < -0.39 is 0 Å². The Balaban J connectivity index is 2.33. The number of hydrogen-bond donors (Lipinski definition) is 1. The molecule has 1 aromatic heterocycles. The quantitative estimate of drug-likeness (QED) is 0.903. The minimum atomic E-state index is -0.313. The molecule has 1 N–H and O–H groups in total. The molecule has 94 valence electrons. The number of imidazole rings is 1. The van der Waals surface area contributed by atoms with Gasteiger partial charge in [-0.05, 0) is 38.1 Å². The van der Waals surface area contributed by atoms with Gasteiger partial charge in [0.25, 0.3) is 5.91 Å². The lowest BCUT2D eigenvalue weighted by atomic mass is 10.3. The summed E-state index contributed by atoms with van der Waals surface area (Å²) in [5.74, 6) is -0.515. The van der Waals surface area contributed by atoms with E-state index in [1.807, 2.05) is 13.8 Å². The SMILES string of the molecule is CC(C)NC(=O)c1cncn1-c1ccc(F)cc1. The predicted molar refractivity (Wildman–Crippen MR) is 66.1 cm³/mol. The fourth-order valence-electron chi connectivity index (χ4n) is 1.61. The number of benzene rings is 1. The molecule has 0 bridgehead atoms. The third-order valence-corrected chi connectivity index (χ3v) is 2.40. The number of halogens is 1. The van der Waals surface area contributed by atoms with Crippen LogP contribution in [-0.4, -0.2) is 21.5 Å². The first-order valence-electron chi connectivity index (χ1n) is 5.67. The first-order valence-corrected chi connectivity index (χ1v) is 5.67. The predicted octanol–water partition coefficient (Wildman–Crippen LogP) is 2.15. The monoisotopic (exact) mass is 247 g/mol. The molecule has 1 heterocycles. The molecule has 2 rings (SSSR count). The third kappa shape index (κ3) is 2.56. The normalized spacial score (nSPS) is 10.7. The van der Waals surface area contributed by atoms with Crippen LogP contribution in [0.5, 0.6) is 0 Å². The highest BCUT2D eigenvalue weighted by molar-refractivity contribution is 5.93. The summed E-state index contributed by atoms with van der Waals surface area (Å²) in [7, 11) is 0. The van der Waals surface area contributed by atoms with Crippen molar-refractivity contribution in [3.63, 3.8) is 0 Å². The topological polar surface area (TPSA) is 46.9 Å². The van der Waals surface area contributed by atoms with Gasteiger partial charge >= 0.3 is 0 Å². The van der Waals surface area contributed by atoms with Gasteiger partial charge in [0.2, 0.25) is 0 Å². The third-order valence-electron chi connectivity index (χ3n) is 2.40. The van der Waals surface area contributed by atoms with Crippen LogP contribution in [0, 0.1) is 5.82 Å². The number of carbonyl (C=O) groups is 1. The number of rotatable bonds is 3. The number of nitrogens with zero attached hydrogens (tertiary/aromatic N) is 2. The van der Waals surface area contributed by atoms with Gasteiger partial charge in [0.05, 0.1) is 12.5 Å². The molecule has 1 aromatic carbocycles. The van der Waals surface area contributed by atoms with Crippen molar-refractivity contribution >= 4 is 5.91 Å². The smallest absolute Gasteiger partial charge is 0.270 e. The molecule has 5 heteroatoms. The summed E-state index contributed by atoms with van der Waals surface area (Å²) < 4.78 is 14.5. The summed E-state index contributed by atoms with van der Waals surface area (Å²) in [5, 5.41) is 2.79. The number of carbonyl (C=O) groups excluding carboxylic acids is 1. The maximum Gasteiger partial charge on any atom is 0.270 e. The van der Waals surface area contributed by atoms with E-state index >= 15 is 0 Å². The highest BCUT2D eigenvalue weighted by Gasteiger charge is 2.13. The highest BCUT2D eigenvalue weighted by atomic mass is 19.1. The minimum absolute atomic E-state index is 0.0501. The molecule has 1 amide bonds. The summed E-state index contributed by atoms with van der Waals surface area (Å²) in [6.07, 6.45) is 3.02. The number of hydrogen-bond acceptors (Lipinski definition) is 2. The molecular formula is C13H14FN3O. The van der Waals surface area contributed by atoms with Crippen LogP contribution in [-0.2, 0) is 0 Å². The summed E-state index contributed by atoms with van der Waals surface area (Å²) in [6, 6.07) is 5.94. The number of aromatic nitrogens is 2. The van der Waals surface area contributed by atoms with E-state index in [2.05, 4.69) is 10.3 Å². The molecule has 0 aliphatic heterocycles. The van der Waals surface area contributed by atoms with Gasteiger partial charge in [0, 0.05) is 11.7 Å². The van der Waals surface area contributed by atoms with Gasteiger partial charge in [-0.2, -0.15) is 0 Å². The van der Waals surface area contributed by atoms with Gasteiger partial charge in [0.15, 0.2) is 0 Å². The zero-order valence-corrected chi connectivity index (χ0v) is 10.2. The van der Waals surface area contributed by atoms with Gasteiger partial charge in [-0.3, -0.25) is 9.36 Å². The highest BCUT2D eigenvalue weighted by Crippen LogP contribution is 2.12. The molecule has 0 fully saturated rings. The van der Waals surface area contributed by atoms with Crippen LogP contribution in [0.15, 0.2) is 36.8 Å². The lowest BCUT2D eigenvalue weighted by Crippen LogP contribution is -2.31. The van der Waals surface area contributed by atoms with Gasteiger partial charge < -0.3 is 5.32 Å². The molecular weight excluding hydrogens is 233 g/mol. The number of nitrogens with one attached hydrogen (secondary N) is 1. The van der Waals surface area contributed by atoms with Crippen molar-refractivity contribution in [2.24, 2.45) is 0 Å². The average molecular weight is 247 g/mol. The molecule has 0 unspecified atom stereocenters. The van der Waals surface area contributed by atoms with Crippen molar-refractivity contribution in [3.8, 4) is 5.69 Å². The molecule has 0 spiro atoms. The fourth-order valence-corrected chi connectivity index (χ4v) is 1.61. The maximum atomic E-state index is 12.9. The van der Waals surface area contributed by atoms with E-state index in [9.17, 15) is 9.18 Å². The lowest BCUT2D eigenvalue weighted by molar-refractivity contribution is 0.0936. The van der Waals surface area contributed by atoms with Crippen LogP contribution >= 0.6 is 0 Å². The fraction of sp³-hybridized carbons (Fsp3) is 0.231. The summed E-state index contributed by atoms with van der Waals surface area (Å²) in [6.45, 7) is 3.77. The zero-order valence-electron chi connectivity index (χ0n) is 10.2. The molecule has 0 aliphatic rings.